The topological polar surface area (TPSA) is 47.0 Å². The predicted octanol–water partition coefficient (Wildman–Crippen LogP) is 3.84. The fraction of sp³-hybridized carbons (Fsp3) is 0.238. The molecular weight excluding hydrogens is 382 g/mol. The van der Waals surface area contributed by atoms with Gasteiger partial charge < -0.3 is 0 Å². The second-order valence-electron chi connectivity index (χ2n) is 8.28. The molecular formula is C21H22N5SSi+. The maximum absolute atomic E-state index is 4.64. The lowest BCUT2D eigenvalue weighted by atomic mass is 9.97. The minimum Gasteiger partial charge on any atom is -0.206 e. The van der Waals surface area contributed by atoms with Gasteiger partial charge in [0.05, 0.1) is 13.6 Å². The van der Waals surface area contributed by atoms with E-state index < -0.39 is 8.07 Å². The molecule has 0 N–H and O–H groups in total. The van der Waals surface area contributed by atoms with Gasteiger partial charge in [-0.2, -0.15) is 5.10 Å². The summed E-state index contributed by atoms with van der Waals surface area (Å²) in [5.41, 5.74) is 4.69. The molecule has 5 rings (SSSR count). The van der Waals surface area contributed by atoms with Gasteiger partial charge >= 0.3 is 0 Å². The quantitative estimate of drug-likeness (QED) is 0.332. The minimum atomic E-state index is -1.54. The number of aromatic nitrogens is 5. The molecule has 0 saturated carbocycles. The van der Waals surface area contributed by atoms with Crippen molar-refractivity contribution in [3.05, 3.63) is 48.4 Å². The lowest BCUT2D eigenvalue weighted by Crippen LogP contribution is -2.40. The van der Waals surface area contributed by atoms with Crippen LogP contribution in [-0.2, 0) is 7.05 Å². The fourth-order valence-electron chi connectivity index (χ4n) is 4.02. The van der Waals surface area contributed by atoms with E-state index in [0.717, 1.165) is 16.2 Å². The largest absolute Gasteiger partial charge is 0.258 e. The van der Waals surface area contributed by atoms with Crippen molar-refractivity contribution >= 4 is 50.5 Å². The Morgan fingerprint density at radius 1 is 1.11 bits per heavy atom. The summed E-state index contributed by atoms with van der Waals surface area (Å²) in [6, 6.07) is 11.2. The van der Waals surface area contributed by atoms with E-state index >= 15 is 0 Å². The number of rotatable bonds is 2. The van der Waals surface area contributed by atoms with Gasteiger partial charge in [0.25, 0.3) is 5.69 Å². The van der Waals surface area contributed by atoms with Crippen molar-refractivity contribution in [2.45, 2.75) is 26.6 Å². The van der Waals surface area contributed by atoms with Crippen molar-refractivity contribution in [2.75, 3.05) is 0 Å². The second-order valence-corrected chi connectivity index (χ2v) is 14.3. The van der Waals surface area contributed by atoms with Gasteiger partial charge in [-0.1, -0.05) is 65.1 Å². The Labute approximate surface area is 168 Å². The van der Waals surface area contributed by atoms with Crippen LogP contribution in [0.3, 0.4) is 0 Å². The molecule has 0 bridgehead atoms. The summed E-state index contributed by atoms with van der Waals surface area (Å²) in [5, 5.41) is 13.2. The summed E-state index contributed by atoms with van der Waals surface area (Å²) in [4.78, 5) is 5.29. The van der Waals surface area contributed by atoms with Gasteiger partial charge in [-0.25, -0.2) is 9.50 Å². The zero-order valence-corrected chi connectivity index (χ0v) is 18.5. The van der Waals surface area contributed by atoms with Gasteiger partial charge in [0.1, 0.15) is 22.7 Å². The molecule has 2 aromatic carbocycles. The van der Waals surface area contributed by atoms with Crippen LogP contribution in [0.5, 0.6) is 0 Å². The van der Waals surface area contributed by atoms with E-state index in [0.29, 0.717) is 0 Å². The highest BCUT2D eigenvalue weighted by Gasteiger charge is 2.27. The highest BCUT2D eigenvalue weighted by Crippen LogP contribution is 2.35. The first-order valence-electron chi connectivity index (χ1n) is 9.37. The van der Waals surface area contributed by atoms with E-state index in [1.807, 2.05) is 22.4 Å². The number of aryl methyl sites for hydroxylation is 2. The summed E-state index contributed by atoms with van der Waals surface area (Å²) < 4.78 is 5.04. The van der Waals surface area contributed by atoms with Crippen LogP contribution in [0.25, 0.3) is 37.2 Å². The first-order chi connectivity index (χ1) is 13.4. The predicted molar refractivity (Wildman–Crippen MR) is 118 cm³/mol. The van der Waals surface area contributed by atoms with Crippen LogP contribution < -0.4 is 9.87 Å². The first kappa shape index (κ1) is 17.5. The second kappa shape index (κ2) is 5.92. The third-order valence-electron chi connectivity index (χ3n) is 5.44. The lowest BCUT2D eigenvalue weighted by molar-refractivity contribution is -0.719. The van der Waals surface area contributed by atoms with Crippen LogP contribution in [0.1, 0.15) is 5.56 Å². The Hall–Kier alpha value is -2.64. The molecule has 3 aromatic heterocycles. The Morgan fingerprint density at radius 3 is 2.61 bits per heavy atom. The Bertz CT molecular complexity index is 1380. The first-order valence-corrected chi connectivity index (χ1v) is 13.7. The van der Waals surface area contributed by atoms with E-state index in [1.165, 1.54) is 31.8 Å². The number of hydrogen-bond donors (Lipinski definition) is 0. The van der Waals surface area contributed by atoms with Crippen molar-refractivity contribution in [1.29, 1.82) is 0 Å². The third-order valence-corrected chi connectivity index (χ3v) is 8.54. The molecule has 0 aliphatic heterocycles. The maximum Gasteiger partial charge on any atom is 0.258 e. The van der Waals surface area contributed by atoms with Crippen molar-refractivity contribution < 1.29 is 4.68 Å². The van der Waals surface area contributed by atoms with Crippen LogP contribution in [0.2, 0.25) is 19.6 Å². The normalized spacial score (nSPS) is 12.5. The molecule has 0 unspecified atom stereocenters. The summed E-state index contributed by atoms with van der Waals surface area (Å²) in [5.74, 6) is 0. The zero-order valence-electron chi connectivity index (χ0n) is 16.7. The van der Waals surface area contributed by atoms with Gasteiger partial charge in [-0.15, -0.1) is 0 Å². The van der Waals surface area contributed by atoms with Gasteiger partial charge in [-0.05, 0) is 34.4 Å². The molecule has 5 aromatic rings. The fourth-order valence-corrected chi connectivity index (χ4v) is 6.72. The Morgan fingerprint density at radius 2 is 1.86 bits per heavy atom. The maximum atomic E-state index is 4.64. The summed E-state index contributed by atoms with van der Waals surface area (Å²) in [6.45, 7) is 9.46. The van der Waals surface area contributed by atoms with Gasteiger partial charge in [0.2, 0.25) is 4.96 Å². The smallest absolute Gasteiger partial charge is 0.206 e. The van der Waals surface area contributed by atoms with Crippen molar-refractivity contribution in [1.82, 2.24) is 19.7 Å². The molecule has 0 aliphatic rings. The number of nitrogens with zero attached hydrogens (tertiary/aromatic N) is 5. The average Bonchev–Trinajstić information content (AvgIpc) is 3.23. The van der Waals surface area contributed by atoms with E-state index in [9.17, 15) is 0 Å². The Balaban J connectivity index is 1.95. The molecule has 7 heteroatoms. The van der Waals surface area contributed by atoms with Crippen LogP contribution in [-0.4, -0.2) is 27.8 Å². The zero-order chi connectivity index (χ0) is 19.6. The molecule has 0 radical (unpaired) electrons. The van der Waals surface area contributed by atoms with Gasteiger partial charge in [0, 0.05) is 0 Å². The third kappa shape index (κ3) is 2.43. The molecule has 28 heavy (non-hydrogen) atoms. The van der Waals surface area contributed by atoms with Crippen molar-refractivity contribution in [3.63, 3.8) is 0 Å². The standard InChI is InChI=1S/C21H22N5SSi/c1-13-14-8-6-7-9-15(14)18(28(3,4)5)10-16(13)19-20-17(11-23-25(19)2)26-21(27-20)22-12-24-26/h6-12H,1-5H3/q+1. The summed E-state index contributed by atoms with van der Waals surface area (Å²) >= 11 is 1.67. The van der Waals surface area contributed by atoms with Gasteiger partial charge in [0.15, 0.2) is 7.05 Å². The number of benzene rings is 2. The molecule has 3 heterocycles. The highest BCUT2D eigenvalue weighted by molar-refractivity contribution is 7.24. The number of thiazole rings is 1. The molecule has 0 aliphatic carbocycles. The monoisotopic (exact) mass is 404 g/mol. The molecule has 0 atom stereocenters. The average molecular weight is 405 g/mol. The van der Waals surface area contributed by atoms with Crippen LogP contribution in [0.15, 0.2) is 42.9 Å². The van der Waals surface area contributed by atoms with Crippen LogP contribution in [0.4, 0.5) is 0 Å². The lowest BCUT2D eigenvalue weighted by Gasteiger charge is -2.22. The summed E-state index contributed by atoms with van der Waals surface area (Å²) in [6.07, 6.45) is 3.48. The Kier molecular flexibility index (Phi) is 3.69. The number of fused-ring (bicyclic) bond motifs is 4. The number of hydrogen-bond acceptors (Lipinski definition) is 4. The highest BCUT2D eigenvalue weighted by atomic mass is 32.1. The van der Waals surface area contributed by atoms with E-state index in [1.54, 1.807) is 17.7 Å². The van der Waals surface area contributed by atoms with E-state index in [2.05, 4.69) is 72.1 Å². The van der Waals surface area contributed by atoms with Crippen LogP contribution >= 0.6 is 11.3 Å². The molecule has 0 saturated heterocycles. The van der Waals surface area contributed by atoms with Crippen molar-refractivity contribution in [3.8, 4) is 11.3 Å². The molecule has 5 nitrogen and oxygen atoms in total. The molecule has 0 spiro atoms. The van der Waals surface area contributed by atoms with E-state index in [4.69, 9.17) is 0 Å². The summed E-state index contributed by atoms with van der Waals surface area (Å²) in [7, 11) is 0.477. The van der Waals surface area contributed by atoms with Crippen LogP contribution in [0, 0.1) is 6.92 Å². The minimum absolute atomic E-state index is 0.896. The van der Waals surface area contributed by atoms with Gasteiger partial charge in [-0.3, -0.25) is 0 Å². The van der Waals surface area contributed by atoms with Crippen molar-refractivity contribution in [2.24, 2.45) is 7.05 Å². The molecule has 0 fully saturated rings. The SMILES string of the molecule is Cc1c(-c2c3sc4ncnn4c3cn[n+]2C)cc([Si](C)(C)C)c2ccccc12. The van der Waals surface area contributed by atoms with E-state index in [-0.39, 0.29) is 0 Å². The molecule has 0 amide bonds. The molecule has 140 valence electrons.